The van der Waals surface area contributed by atoms with Gasteiger partial charge in [0.25, 0.3) is 0 Å². The zero-order chi connectivity index (χ0) is 12.4. The van der Waals surface area contributed by atoms with Crippen LogP contribution in [0, 0.1) is 0 Å². The summed E-state index contributed by atoms with van der Waals surface area (Å²) in [6, 6.07) is 17.3. The van der Waals surface area contributed by atoms with Gasteiger partial charge in [-0.3, -0.25) is 0 Å². The van der Waals surface area contributed by atoms with Crippen molar-refractivity contribution in [2.75, 3.05) is 18.0 Å². The minimum atomic E-state index is 0. The quantitative estimate of drug-likeness (QED) is 0.858. The van der Waals surface area contributed by atoms with Crippen molar-refractivity contribution in [3.63, 3.8) is 0 Å². The van der Waals surface area contributed by atoms with Gasteiger partial charge in [-0.25, -0.2) is 0 Å². The van der Waals surface area contributed by atoms with E-state index in [0.717, 1.165) is 19.5 Å². The molecule has 1 aliphatic rings. The molecule has 3 N–H and O–H groups in total. The Hall–Kier alpha value is -1.16. The second-order valence-electron chi connectivity index (χ2n) is 4.40. The molecule has 0 radical (unpaired) electrons. The maximum atomic E-state index is 3.95. The first-order valence-electron chi connectivity index (χ1n) is 6.33. The lowest BCUT2D eigenvalue weighted by Gasteiger charge is -2.32. The fraction of sp³-hybridized carbons (Fsp3) is 0.200. The molecule has 0 fully saturated rings. The largest absolute Gasteiger partial charge is 1.00 e. The van der Waals surface area contributed by atoms with Gasteiger partial charge in [0, 0.05) is 22.8 Å². The van der Waals surface area contributed by atoms with Gasteiger partial charge in [0.1, 0.15) is 0 Å². The van der Waals surface area contributed by atoms with Crippen LogP contribution in [-0.4, -0.2) is 13.1 Å². The van der Waals surface area contributed by atoms with Gasteiger partial charge in [0.2, 0.25) is 0 Å². The predicted octanol–water partition coefficient (Wildman–Crippen LogP) is -0.0747. The van der Waals surface area contributed by atoms with Crippen LogP contribution >= 0.6 is 11.8 Å². The summed E-state index contributed by atoms with van der Waals surface area (Å²) in [7, 11) is 0. The lowest BCUT2D eigenvalue weighted by Crippen LogP contribution is -3.00. The van der Waals surface area contributed by atoms with Crippen LogP contribution in [0.4, 0.5) is 11.4 Å². The second-order valence-corrected chi connectivity index (χ2v) is 5.48. The summed E-state index contributed by atoms with van der Waals surface area (Å²) in [6.07, 6.45) is 1.12. The highest BCUT2D eigenvalue weighted by Gasteiger charge is 2.21. The van der Waals surface area contributed by atoms with E-state index >= 15 is 0 Å². The maximum Gasteiger partial charge on any atom is 0.0757 e. The molecule has 100 valence electrons. The van der Waals surface area contributed by atoms with E-state index in [-0.39, 0.29) is 12.4 Å². The zero-order valence-electron chi connectivity index (χ0n) is 10.7. The Bertz CT molecular complexity index is 514. The molecule has 19 heavy (non-hydrogen) atoms. The standard InChI is InChI=1S/C15H16N2S.ClH/c16-10-5-11-17-12-6-1-3-8-14(12)18-15-9-4-2-7-13(15)17;/h1-4,6-9H,5,10-11,16H2;1H. The predicted molar refractivity (Wildman–Crippen MR) is 76.4 cm³/mol. The van der Waals surface area contributed by atoms with Crippen LogP contribution in [0.1, 0.15) is 6.42 Å². The smallest absolute Gasteiger partial charge is 0.0757 e. The third-order valence-electron chi connectivity index (χ3n) is 3.16. The fourth-order valence-electron chi connectivity index (χ4n) is 2.29. The second kappa shape index (κ2) is 6.33. The molecule has 2 aromatic carbocycles. The number of nitrogens with zero attached hydrogens (tertiary/aromatic N) is 1. The first-order chi connectivity index (χ1) is 8.90. The maximum absolute atomic E-state index is 3.95. The van der Waals surface area contributed by atoms with Gasteiger partial charge in [-0.2, -0.15) is 0 Å². The highest BCUT2D eigenvalue weighted by Crippen LogP contribution is 2.47. The summed E-state index contributed by atoms with van der Waals surface area (Å²) in [5.74, 6) is 0. The average Bonchev–Trinajstić information content (AvgIpc) is 2.43. The van der Waals surface area contributed by atoms with E-state index in [4.69, 9.17) is 0 Å². The minimum absolute atomic E-state index is 0. The number of rotatable bonds is 3. The van der Waals surface area contributed by atoms with Gasteiger partial charge in [0.15, 0.2) is 0 Å². The molecule has 0 unspecified atom stereocenters. The number of fused-ring (bicyclic) bond motifs is 2. The number of para-hydroxylation sites is 2. The summed E-state index contributed by atoms with van der Waals surface area (Å²) < 4.78 is 0. The van der Waals surface area contributed by atoms with Gasteiger partial charge < -0.3 is 23.0 Å². The van der Waals surface area contributed by atoms with Crippen LogP contribution < -0.4 is 23.0 Å². The molecule has 2 aromatic rings. The molecule has 3 rings (SSSR count). The molecule has 0 spiro atoms. The van der Waals surface area contributed by atoms with E-state index in [9.17, 15) is 0 Å². The molecule has 1 aliphatic heterocycles. The number of hydrogen-bond donors (Lipinski definition) is 1. The molecule has 2 nitrogen and oxygen atoms in total. The van der Waals surface area contributed by atoms with Crippen LogP contribution in [0.15, 0.2) is 58.3 Å². The van der Waals surface area contributed by atoms with E-state index < -0.39 is 0 Å². The SMILES string of the molecule is [Cl-].[NH3+]CCCN1c2ccccc2Sc2ccccc21. The number of halogens is 1. The van der Waals surface area contributed by atoms with Gasteiger partial charge in [-0.05, 0) is 24.3 Å². The summed E-state index contributed by atoms with van der Waals surface area (Å²) in [4.78, 5) is 5.12. The molecule has 0 saturated heterocycles. The Morgan fingerprint density at radius 3 is 1.95 bits per heavy atom. The van der Waals surface area contributed by atoms with Crippen LogP contribution in [0.3, 0.4) is 0 Å². The average molecular weight is 293 g/mol. The van der Waals surface area contributed by atoms with Crippen molar-refractivity contribution >= 4 is 23.1 Å². The Morgan fingerprint density at radius 2 is 1.42 bits per heavy atom. The fourth-order valence-corrected chi connectivity index (χ4v) is 3.39. The molecule has 0 aromatic heterocycles. The van der Waals surface area contributed by atoms with Crippen molar-refractivity contribution < 1.29 is 18.1 Å². The number of hydrogen-bond acceptors (Lipinski definition) is 2. The third-order valence-corrected chi connectivity index (χ3v) is 4.29. The molecular formula is C15H17ClN2S. The summed E-state index contributed by atoms with van der Waals surface area (Å²) in [6.45, 7) is 2.02. The van der Waals surface area contributed by atoms with E-state index in [1.165, 1.54) is 21.2 Å². The monoisotopic (exact) mass is 292 g/mol. The third kappa shape index (κ3) is 2.73. The molecule has 0 atom stereocenters. The van der Waals surface area contributed by atoms with Crippen LogP contribution in [0.25, 0.3) is 0 Å². The topological polar surface area (TPSA) is 30.9 Å². The normalized spacial score (nSPS) is 12.4. The first kappa shape index (κ1) is 14.3. The molecular weight excluding hydrogens is 276 g/mol. The minimum Gasteiger partial charge on any atom is -1.00 e. The molecule has 0 amide bonds. The van der Waals surface area contributed by atoms with Crippen molar-refractivity contribution in [2.24, 2.45) is 0 Å². The van der Waals surface area contributed by atoms with Crippen LogP contribution in [-0.2, 0) is 0 Å². The Labute approximate surface area is 124 Å². The van der Waals surface area contributed by atoms with Crippen molar-refractivity contribution in [2.45, 2.75) is 16.2 Å². The van der Waals surface area contributed by atoms with Crippen molar-refractivity contribution in [3.8, 4) is 0 Å². The molecule has 1 heterocycles. The van der Waals surface area contributed by atoms with Gasteiger partial charge in [-0.1, -0.05) is 36.0 Å². The first-order valence-corrected chi connectivity index (χ1v) is 7.14. The van der Waals surface area contributed by atoms with Crippen LogP contribution in [0.5, 0.6) is 0 Å². The van der Waals surface area contributed by atoms with E-state index in [1.54, 1.807) is 0 Å². The summed E-state index contributed by atoms with van der Waals surface area (Å²) in [5, 5.41) is 0. The van der Waals surface area contributed by atoms with Crippen LogP contribution in [0.2, 0.25) is 0 Å². The lowest BCUT2D eigenvalue weighted by atomic mass is 10.2. The highest BCUT2D eigenvalue weighted by atomic mass is 35.5. The summed E-state index contributed by atoms with van der Waals surface area (Å²) >= 11 is 1.86. The Balaban J connectivity index is 0.00000133. The molecule has 0 saturated carbocycles. The van der Waals surface area contributed by atoms with E-state index in [0.29, 0.717) is 0 Å². The lowest BCUT2D eigenvalue weighted by molar-refractivity contribution is -0.367. The van der Waals surface area contributed by atoms with Gasteiger partial charge in [0.05, 0.1) is 17.9 Å². The van der Waals surface area contributed by atoms with E-state index in [1.807, 2.05) is 11.8 Å². The van der Waals surface area contributed by atoms with Gasteiger partial charge in [-0.15, -0.1) is 0 Å². The number of anilines is 2. The summed E-state index contributed by atoms with van der Waals surface area (Å²) in [5.41, 5.74) is 6.61. The Kier molecular flexibility index (Phi) is 4.75. The van der Waals surface area contributed by atoms with E-state index in [2.05, 4.69) is 59.2 Å². The highest BCUT2D eigenvalue weighted by molar-refractivity contribution is 7.99. The number of benzene rings is 2. The van der Waals surface area contributed by atoms with Crippen molar-refractivity contribution in [3.05, 3.63) is 48.5 Å². The van der Waals surface area contributed by atoms with Gasteiger partial charge >= 0.3 is 0 Å². The number of quaternary nitrogens is 1. The Morgan fingerprint density at radius 1 is 0.895 bits per heavy atom. The molecule has 0 aliphatic carbocycles. The van der Waals surface area contributed by atoms with Crippen molar-refractivity contribution in [1.82, 2.24) is 0 Å². The molecule has 0 bridgehead atoms. The zero-order valence-corrected chi connectivity index (χ0v) is 12.3. The molecule has 4 heteroatoms. The van der Waals surface area contributed by atoms with Crippen molar-refractivity contribution in [1.29, 1.82) is 0 Å².